The number of likely N-dealkylation sites (N-methyl/N-ethyl adjacent to an activating group) is 1. The molecule has 2 saturated heterocycles. The third-order valence-corrected chi connectivity index (χ3v) is 3.96. The summed E-state index contributed by atoms with van der Waals surface area (Å²) in [6, 6.07) is -0.0224. The Bertz CT molecular complexity index is 329. The third kappa shape index (κ3) is 2.78. The van der Waals surface area contributed by atoms with Crippen LogP contribution in [0, 0.1) is 0 Å². The van der Waals surface area contributed by atoms with E-state index in [1.54, 1.807) is 11.9 Å². The van der Waals surface area contributed by atoms with Gasteiger partial charge in [-0.15, -0.1) is 12.4 Å². The number of amides is 2. The van der Waals surface area contributed by atoms with E-state index >= 15 is 0 Å². The van der Waals surface area contributed by atoms with Gasteiger partial charge >= 0.3 is 0 Å². The molecule has 18 heavy (non-hydrogen) atoms. The average molecular weight is 276 g/mol. The molecule has 2 atom stereocenters. The van der Waals surface area contributed by atoms with Crippen molar-refractivity contribution < 1.29 is 9.59 Å². The van der Waals surface area contributed by atoms with Crippen molar-refractivity contribution in [3.63, 3.8) is 0 Å². The zero-order valence-corrected chi connectivity index (χ0v) is 11.8. The van der Waals surface area contributed by atoms with Crippen molar-refractivity contribution in [1.82, 2.24) is 15.5 Å². The van der Waals surface area contributed by atoms with Crippen molar-refractivity contribution in [3.8, 4) is 0 Å². The molecule has 5 nitrogen and oxygen atoms in total. The first-order valence-electron chi connectivity index (χ1n) is 6.37. The Morgan fingerprint density at radius 1 is 1.61 bits per heavy atom. The standard InChI is InChI=1S/C12H21N3O2.ClH/c1-3-12(5-4-6-13-12)11(17)14-9-7-10(16)15(2)8-9;/h9,13H,3-8H2,1-2H3,(H,14,17);1H. The summed E-state index contributed by atoms with van der Waals surface area (Å²) in [6.45, 7) is 3.57. The minimum absolute atomic E-state index is 0. The average Bonchev–Trinajstić information content (AvgIpc) is 2.88. The SMILES string of the molecule is CCC1(C(=O)NC2CC(=O)N(C)C2)CCCN1.Cl. The number of carbonyl (C=O) groups excluding carboxylic acids is 2. The lowest BCUT2D eigenvalue weighted by Gasteiger charge is -2.28. The highest BCUT2D eigenvalue weighted by Crippen LogP contribution is 2.23. The molecule has 2 unspecified atom stereocenters. The third-order valence-electron chi connectivity index (χ3n) is 3.96. The molecular formula is C12H22ClN3O2. The fourth-order valence-electron chi connectivity index (χ4n) is 2.75. The van der Waals surface area contributed by atoms with Crippen molar-refractivity contribution in [2.45, 2.75) is 44.2 Å². The zero-order chi connectivity index (χ0) is 12.5. The van der Waals surface area contributed by atoms with Crippen LogP contribution in [0.3, 0.4) is 0 Å². The van der Waals surface area contributed by atoms with Crippen molar-refractivity contribution >= 4 is 24.2 Å². The first-order valence-corrected chi connectivity index (χ1v) is 6.37. The Morgan fingerprint density at radius 2 is 2.33 bits per heavy atom. The number of hydrogen-bond acceptors (Lipinski definition) is 3. The number of carbonyl (C=O) groups is 2. The van der Waals surface area contributed by atoms with Crippen LogP contribution in [0.15, 0.2) is 0 Å². The molecule has 0 aliphatic carbocycles. The van der Waals surface area contributed by atoms with Crippen LogP contribution in [-0.4, -0.2) is 48.4 Å². The van der Waals surface area contributed by atoms with Gasteiger partial charge in [0.05, 0.1) is 11.6 Å². The number of likely N-dealkylation sites (tertiary alicyclic amines) is 1. The van der Waals surface area contributed by atoms with Gasteiger partial charge in [0.25, 0.3) is 0 Å². The molecule has 2 heterocycles. The van der Waals surface area contributed by atoms with E-state index in [0.717, 1.165) is 25.8 Å². The Morgan fingerprint density at radius 3 is 2.78 bits per heavy atom. The number of rotatable bonds is 3. The van der Waals surface area contributed by atoms with E-state index in [4.69, 9.17) is 0 Å². The summed E-state index contributed by atoms with van der Waals surface area (Å²) in [7, 11) is 1.78. The van der Waals surface area contributed by atoms with Crippen molar-refractivity contribution in [2.24, 2.45) is 0 Å². The van der Waals surface area contributed by atoms with Crippen LogP contribution in [0.4, 0.5) is 0 Å². The van der Waals surface area contributed by atoms with Crippen molar-refractivity contribution in [2.75, 3.05) is 20.1 Å². The summed E-state index contributed by atoms with van der Waals surface area (Å²) >= 11 is 0. The van der Waals surface area contributed by atoms with Crippen molar-refractivity contribution in [1.29, 1.82) is 0 Å². The van der Waals surface area contributed by atoms with Crippen LogP contribution < -0.4 is 10.6 Å². The van der Waals surface area contributed by atoms with Crippen LogP contribution >= 0.6 is 12.4 Å². The maximum absolute atomic E-state index is 12.3. The van der Waals surface area contributed by atoms with E-state index in [-0.39, 0.29) is 30.3 Å². The molecule has 6 heteroatoms. The van der Waals surface area contributed by atoms with E-state index in [1.807, 2.05) is 6.92 Å². The Balaban J connectivity index is 0.00000162. The predicted molar refractivity (Wildman–Crippen MR) is 71.7 cm³/mol. The van der Waals surface area contributed by atoms with E-state index < -0.39 is 5.54 Å². The summed E-state index contributed by atoms with van der Waals surface area (Å²) in [4.78, 5) is 25.3. The maximum atomic E-state index is 12.3. The highest BCUT2D eigenvalue weighted by Gasteiger charge is 2.41. The molecule has 2 fully saturated rings. The van der Waals surface area contributed by atoms with Gasteiger partial charge in [0.2, 0.25) is 11.8 Å². The fraction of sp³-hybridized carbons (Fsp3) is 0.833. The summed E-state index contributed by atoms with van der Waals surface area (Å²) in [5.74, 6) is 0.172. The molecule has 0 saturated carbocycles. The van der Waals surface area contributed by atoms with Gasteiger partial charge in [-0.05, 0) is 25.8 Å². The first-order chi connectivity index (χ1) is 8.07. The lowest BCUT2D eigenvalue weighted by Crippen LogP contribution is -2.55. The molecule has 2 N–H and O–H groups in total. The van der Waals surface area contributed by atoms with Gasteiger partial charge in [0.1, 0.15) is 0 Å². The predicted octanol–water partition coefficient (Wildman–Crippen LogP) is 0.287. The van der Waals surface area contributed by atoms with Gasteiger partial charge in [0.15, 0.2) is 0 Å². The second-order valence-electron chi connectivity index (χ2n) is 5.11. The van der Waals surface area contributed by atoms with Crippen LogP contribution in [0.5, 0.6) is 0 Å². The van der Waals surface area contributed by atoms with Gasteiger partial charge < -0.3 is 15.5 Å². The molecule has 2 aliphatic rings. The molecule has 0 bridgehead atoms. The van der Waals surface area contributed by atoms with Crippen LogP contribution in [0.1, 0.15) is 32.6 Å². The normalized spacial score (nSPS) is 31.3. The summed E-state index contributed by atoms with van der Waals surface area (Å²) in [5.41, 5.74) is -0.399. The number of nitrogens with one attached hydrogen (secondary N) is 2. The monoisotopic (exact) mass is 275 g/mol. The summed E-state index contributed by atoms with van der Waals surface area (Å²) in [5, 5.41) is 6.31. The molecule has 2 rings (SSSR count). The number of nitrogens with zero attached hydrogens (tertiary/aromatic N) is 1. The lowest BCUT2D eigenvalue weighted by molar-refractivity contribution is -0.127. The van der Waals surface area contributed by atoms with Gasteiger partial charge in [0, 0.05) is 20.0 Å². The minimum atomic E-state index is -0.399. The zero-order valence-electron chi connectivity index (χ0n) is 11.0. The highest BCUT2D eigenvalue weighted by atomic mass is 35.5. The summed E-state index contributed by atoms with van der Waals surface area (Å²) in [6.07, 6.45) is 3.17. The number of halogens is 1. The second kappa shape index (κ2) is 5.89. The van der Waals surface area contributed by atoms with Gasteiger partial charge in [-0.1, -0.05) is 6.92 Å². The van der Waals surface area contributed by atoms with Crippen molar-refractivity contribution in [3.05, 3.63) is 0 Å². The molecule has 2 amide bonds. The largest absolute Gasteiger partial charge is 0.349 e. The quantitative estimate of drug-likeness (QED) is 0.778. The summed E-state index contributed by atoms with van der Waals surface area (Å²) < 4.78 is 0. The molecule has 0 aromatic heterocycles. The van der Waals surface area contributed by atoms with E-state index in [1.165, 1.54) is 0 Å². The van der Waals surface area contributed by atoms with Gasteiger partial charge in [-0.2, -0.15) is 0 Å². The molecule has 0 radical (unpaired) electrons. The van der Waals surface area contributed by atoms with Gasteiger partial charge in [-0.3, -0.25) is 9.59 Å². The first kappa shape index (κ1) is 15.2. The molecule has 2 aliphatic heterocycles. The molecular weight excluding hydrogens is 254 g/mol. The van der Waals surface area contributed by atoms with E-state index in [0.29, 0.717) is 13.0 Å². The lowest BCUT2D eigenvalue weighted by atomic mass is 9.92. The van der Waals surface area contributed by atoms with Crippen LogP contribution in [-0.2, 0) is 9.59 Å². The minimum Gasteiger partial charge on any atom is -0.349 e. The Hall–Kier alpha value is -0.810. The molecule has 0 aromatic carbocycles. The van der Waals surface area contributed by atoms with E-state index in [9.17, 15) is 9.59 Å². The van der Waals surface area contributed by atoms with Gasteiger partial charge in [-0.25, -0.2) is 0 Å². The molecule has 0 aromatic rings. The van der Waals surface area contributed by atoms with Crippen LogP contribution in [0.25, 0.3) is 0 Å². The fourth-order valence-corrected chi connectivity index (χ4v) is 2.75. The molecule has 104 valence electrons. The second-order valence-corrected chi connectivity index (χ2v) is 5.11. The Labute approximate surface area is 114 Å². The topological polar surface area (TPSA) is 61.4 Å². The van der Waals surface area contributed by atoms with Crippen LogP contribution in [0.2, 0.25) is 0 Å². The Kier molecular flexibility index (Phi) is 4.99. The highest BCUT2D eigenvalue weighted by molar-refractivity contribution is 5.88. The number of hydrogen-bond donors (Lipinski definition) is 2. The van der Waals surface area contributed by atoms with E-state index in [2.05, 4.69) is 10.6 Å². The molecule has 0 spiro atoms. The maximum Gasteiger partial charge on any atom is 0.240 e. The smallest absolute Gasteiger partial charge is 0.240 e.